The van der Waals surface area contributed by atoms with Crippen molar-refractivity contribution >= 4 is 46.8 Å². The van der Waals surface area contributed by atoms with Gasteiger partial charge in [0, 0.05) is 28.4 Å². The van der Waals surface area contributed by atoms with Gasteiger partial charge >= 0.3 is 0 Å². The minimum absolute atomic E-state index is 0.00960. The van der Waals surface area contributed by atoms with Gasteiger partial charge < -0.3 is 15.0 Å². The molecule has 31 heavy (non-hydrogen) atoms. The van der Waals surface area contributed by atoms with E-state index >= 15 is 0 Å². The smallest absolute Gasteiger partial charge is 0.242 e. The van der Waals surface area contributed by atoms with E-state index in [1.165, 1.54) is 11.8 Å². The summed E-state index contributed by atoms with van der Waals surface area (Å²) in [6.45, 7) is 5.85. The minimum Gasteiger partial charge on any atom is -0.497 e. The second-order valence-electron chi connectivity index (χ2n) is 7.40. The first-order valence-electron chi connectivity index (χ1n) is 9.96. The van der Waals surface area contributed by atoms with Gasteiger partial charge in [-0.15, -0.1) is 11.8 Å². The normalized spacial score (nSPS) is 11.8. The number of amides is 2. The predicted octanol–water partition coefficient (Wildman–Crippen LogP) is 5.18. The van der Waals surface area contributed by atoms with E-state index < -0.39 is 6.04 Å². The number of hydrogen-bond acceptors (Lipinski definition) is 4. The standard InChI is InChI=1S/C23H28Cl2N2O3S/c1-15(2)26-23(29)16(3)27(12-17-8-10-18(30-4)11-9-17)22(28)14-31-13-19-20(24)6-5-7-21(19)25/h5-11,15-16H,12-14H2,1-4H3,(H,26,29)/t16-/m0/s1. The highest BCUT2D eigenvalue weighted by Crippen LogP contribution is 2.28. The van der Waals surface area contributed by atoms with Crippen LogP contribution in [-0.4, -0.2) is 41.7 Å². The topological polar surface area (TPSA) is 58.6 Å². The number of carbonyl (C=O) groups excluding carboxylic acids is 2. The SMILES string of the molecule is COc1ccc(CN(C(=O)CSCc2c(Cl)cccc2Cl)[C@@H](C)C(=O)NC(C)C)cc1. The van der Waals surface area contributed by atoms with Crippen LogP contribution in [-0.2, 0) is 21.9 Å². The minimum atomic E-state index is -0.610. The molecule has 0 saturated heterocycles. The zero-order valence-electron chi connectivity index (χ0n) is 18.2. The Morgan fingerprint density at radius 1 is 1.06 bits per heavy atom. The Bertz CT molecular complexity index is 871. The van der Waals surface area contributed by atoms with Crippen LogP contribution in [0.5, 0.6) is 5.75 Å². The molecule has 2 amide bonds. The van der Waals surface area contributed by atoms with E-state index in [1.807, 2.05) is 38.1 Å². The van der Waals surface area contributed by atoms with E-state index in [0.717, 1.165) is 16.9 Å². The summed E-state index contributed by atoms with van der Waals surface area (Å²) in [6.07, 6.45) is 0. The number of halogens is 2. The number of carbonyl (C=O) groups is 2. The lowest BCUT2D eigenvalue weighted by Gasteiger charge is -2.29. The number of benzene rings is 2. The third kappa shape index (κ3) is 7.63. The first kappa shape index (κ1) is 25.4. The van der Waals surface area contributed by atoms with Crippen molar-refractivity contribution in [3.8, 4) is 5.75 Å². The number of thioether (sulfide) groups is 1. The third-order valence-corrected chi connectivity index (χ3v) is 6.30. The molecule has 0 aliphatic heterocycles. The van der Waals surface area contributed by atoms with Gasteiger partial charge in [-0.1, -0.05) is 41.4 Å². The monoisotopic (exact) mass is 482 g/mol. The van der Waals surface area contributed by atoms with Crippen molar-refractivity contribution in [1.29, 1.82) is 0 Å². The number of nitrogens with zero attached hydrogens (tertiary/aromatic N) is 1. The van der Waals surface area contributed by atoms with E-state index in [4.69, 9.17) is 27.9 Å². The molecule has 0 fully saturated rings. The Balaban J connectivity index is 2.11. The Labute approximate surface area is 198 Å². The average Bonchev–Trinajstić information content (AvgIpc) is 2.73. The van der Waals surface area contributed by atoms with E-state index in [2.05, 4.69) is 5.32 Å². The molecule has 0 spiro atoms. The molecule has 168 valence electrons. The Morgan fingerprint density at radius 3 is 2.23 bits per heavy atom. The molecule has 2 rings (SSSR count). The number of methoxy groups -OCH3 is 1. The van der Waals surface area contributed by atoms with Gasteiger partial charge in [-0.05, 0) is 56.2 Å². The number of ether oxygens (including phenoxy) is 1. The number of rotatable bonds is 10. The van der Waals surface area contributed by atoms with Crippen LogP contribution in [0, 0.1) is 0 Å². The maximum atomic E-state index is 13.1. The molecular formula is C23H28Cl2N2O3S. The summed E-state index contributed by atoms with van der Waals surface area (Å²) in [5.41, 5.74) is 1.72. The quantitative estimate of drug-likeness (QED) is 0.506. The molecule has 5 nitrogen and oxygen atoms in total. The zero-order valence-corrected chi connectivity index (χ0v) is 20.5. The second kappa shape index (κ2) is 12.2. The largest absolute Gasteiger partial charge is 0.497 e. The molecular weight excluding hydrogens is 455 g/mol. The molecule has 0 saturated carbocycles. The molecule has 1 atom stereocenters. The Hall–Kier alpha value is -1.89. The van der Waals surface area contributed by atoms with Crippen molar-refractivity contribution in [2.45, 2.75) is 45.2 Å². The summed E-state index contributed by atoms with van der Waals surface area (Å²) >= 11 is 13.9. The Morgan fingerprint density at radius 2 is 1.68 bits per heavy atom. The fourth-order valence-corrected chi connectivity index (χ4v) is 4.56. The van der Waals surface area contributed by atoms with Gasteiger partial charge in [0.05, 0.1) is 12.9 Å². The molecule has 0 aliphatic rings. The summed E-state index contributed by atoms with van der Waals surface area (Å²) in [5, 5.41) is 4.04. The van der Waals surface area contributed by atoms with Crippen LogP contribution >= 0.6 is 35.0 Å². The van der Waals surface area contributed by atoms with Crippen molar-refractivity contribution in [2.75, 3.05) is 12.9 Å². The highest BCUT2D eigenvalue weighted by atomic mass is 35.5. The van der Waals surface area contributed by atoms with Crippen LogP contribution in [0.1, 0.15) is 31.9 Å². The van der Waals surface area contributed by atoms with Crippen LogP contribution < -0.4 is 10.1 Å². The summed E-state index contributed by atoms with van der Waals surface area (Å²) in [6, 6.07) is 12.2. The summed E-state index contributed by atoms with van der Waals surface area (Å²) in [7, 11) is 1.60. The van der Waals surface area contributed by atoms with Gasteiger partial charge in [-0.2, -0.15) is 0 Å². The molecule has 0 aromatic heterocycles. The van der Waals surface area contributed by atoms with Gasteiger partial charge in [0.15, 0.2) is 0 Å². The first-order valence-corrected chi connectivity index (χ1v) is 11.9. The van der Waals surface area contributed by atoms with E-state index in [-0.39, 0.29) is 23.6 Å². The van der Waals surface area contributed by atoms with E-state index in [9.17, 15) is 9.59 Å². The van der Waals surface area contributed by atoms with E-state index in [1.54, 1.807) is 37.1 Å². The number of nitrogens with one attached hydrogen (secondary N) is 1. The zero-order chi connectivity index (χ0) is 23.0. The highest BCUT2D eigenvalue weighted by molar-refractivity contribution is 7.99. The van der Waals surface area contributed by atoms with Gasteiger partial charge in [-0.25, -0.2) is 0 Å². The van der Waals surface area contributed by atoms with Crippen LogP contribution in [0.15, 0.2) is 42.5 Å². The highest BCUT2D eigenvalue weighted by Gasteiger charge is 2.26. The van der Waals surface area contributed by atoms with Crippen molar-refractivity contribution in [3.05, 3.63) is 63.6 Å². The fourth-order valence-electron chi connectivity index (χ4n) is 2.91. The molecule has 0 heterocycles. The molecule has 0 bridgehead atoms. The van der Waals surface area contributed by atoms with Gasteiger partial charge in [-0.3, -0.25) is 9.59 Å². The predicted molar refractivity (Wildman–Crippen MR) is 129 cm³/mol. The van der Waals surface area contributed by atoms with Crippen LogP contribution in [0.25, 0.3) is 0 Å². The number of hydrogen-bond donors (Lipinski definition) is 1. The first-order chi connectivity index (χ1) is 14.7. The van der Waals surface area contributed by atoms with Crippen molar-refractivity contribution < 1.29 is 14.3 Å². The lowest BCUT2D eigenvalue weighted by molar-refractivity contribution is -0.138. The summed E-state index contributed by atoms with van der Waals surface area (Å²) in [5.74, 6) is 1.13. The molecule has 2 aromatic rings. The molecule has 0 aliphatic carbocycles. The molecule has 8 heteroatoms. The van der Waals surface area contributed by atoms with Crippen LogP contribution in [0.4, 0.5) is 0 Å². The molecule has 2 aromatic carbocycles. The van der Waals surface area contributed by atoms with Crippen LogP contribution in [0.3, 0.4) is 0 Å². The van der Waals surface area contributed by atoms with Gasteiger partial charge in [0.2, 0.25) is 11.8 Å². The fraction of sp³-hybridized carbons (Fsp3) is 0.391. The summed E-state index contributed by atoms with van der Waals surface area (Å²) in [4.78, 5) is 27.3. The average molecular weight is 483 g/mol. The van der Waals surface area contributed by atoms with Crippen molar-refractivity contribution in [3.63, 3.8) is 0 Å². The van der Waals surface area contributed by atoms with Gasteiger partial charge in [0.1, 0.15) is 11.8 Å². The lowest BCUT2D eigenvalue weighted by Crippen LogP contribution is -2.49. The maximum Gasteiger partial charge on any atom is 0.242 e. The van der Waals surface area contributed by atoms with Gasteiger partial charge in [0.25, 0.3) is 0 Å². The second-order valence-corrected chi connectivity index (χ2v) is 9.20. The molecule has 0 unspecified atom stereocenters. The van der Waals surface area contributed by atoms with Crippen molar-refractivity contribution in [1.82, 2.24) is 10.2 Å². The van der Waals surface area contributed by atoms with Crippen molar-refractivity contribution in [2.24, 2.45) is 0 Å². The van der Waals surface area contributed by atoms with Crippen LogP contribution in [0.2, 0.25) is 10.0 Å². The summed E-state index contributed by atoms with van der Waals surface area (Å²) < 4.78 is 5.20. The lowest BCUT2D eigenvalue weighted by atomic mass is 10.1. The van der Waals surface area contributed by atoms with E-state index in [0.29, 0.717) is 22.3 Å². The third-order valence-electron chi connectivity index (χ3n) is 4.64. The Kier molecular flexibility index (Phi) is 10.0. The maximum absolute atomic E-state index is 13.1. The molecule has 0 radical (unpaired) electrons. The molecule has 1 N–H and O–H groups in total.